The van der Waals surface area contributed by atoms with Gasteiger partial charge in [0.05, 0.1) is 11.6 Å². The topological polar surface area (TPSA) is 91.2 Å². The van der Waals surface area contributed by atoms with Crippen molar-refractivity contribution in [3.05, 3.63) is 24.7 Å². The summed E-state index contributed by atoms with van der Waals surface area (Å²) in [4.78, 5) is 26.1. The number of carbonyl (C=O) groups excluding carboxylic acids is 1. The van der Waals surface area contributed by atoms with Crippen LogP contribution in [0, 0.1) is 11.8 Å². The molecule has 1 unspecified atom stereocenters. The van der Waals surface area contributed by atoms with Crippen molar-refractivity contribution in [1.29, 1.82) is 0 Å². The lowest BCUT2D eigenvalue weighted by Crippen LogP contribution is -2.55. The maximum atomic E-state index is 13.5. The number of hydrogen-bond acceptors (Lipinski definition) is 6. The van der Waals surface area contributed by atoms with E-state index in [1.807, 2.05) is 0 Å². The molecule has 2 aromatic rings. The predicted molar refractivity (Wildman–Crippen MR) is 96.5 cm³/mol. The molecule has 2 N–H and O–H groups in total. The van der Waals surface area contributed by atoms with E-state index in [1.54, 1.807) is 24.8 Å². The molecule has 10 heteroatoms. The Morgan fingerprint density at radius 3 is 2.57 bits per heavy atom. The third-order valence-electron chi connectivity index (χ3n) is 4.85. The summed E-state index contributed by atoms with van der Waals surface area (Å²) in [6.07, 6.45) is -1.54. The molecule has 0 saturated carbocycles. The second-order valence-electron chi connectivity index (χ2n) is 7.33. The van der Waals surface area contributed by atoms with Crippen molar-refractivity contribution >= 4 is 22.8 Å². The number of hydrogen-bond donors (Lipinski definition) is 2. The fourth-order valence-corrected chi connectivity index (χ4v) is 3.35. The Hall–Kier alpha value is -2.49. The van der Waals surface area contributed by atoms with Crippen LogP contribution in [0.3, 0.4) is 0 Å². The fourth-order valence-electron chi connectivity index (χ4n) is 3.35. The first kappa shape index (κ1) is 20.2. The predicted octanol–water partition coefficient (Wildman–Crippen LogP) is 1.92. The summed E-state index contributed by atoms with van der Waals surface area (Å²) in [6, 6.07) is 0.832. The minimum absolute atomic E-state index is 0.165. The van der Waals surface area contributed by atoms with Crippen LogP contribution in [-0.4, -0.2) is 57.4 Å². The molecule has 28 heavy (non-hydrogen) atoms. The highest BCUT2D eigenvalue weighted by Crippen LogP contribution is 2.36. The van der Waals surface area contributed by atoms with Crippen molar-refractivity contribution in [3.63, 3.8) is 0 Å². The molecule has 3 rings (SSSR count). The Bertz CT molecular complexity index is 840. The van der Waals surface area contributed by atoms with Gasteiger partial charge >= 0.3 is 6.18 Å². The zero-order valence-electron chi connectivity index (χ0n) is 15.5. The Morgan fingerprint density at radius 1 is 1.21 bits per heavy atom. The third kappa shape index (κ3) is 4.32. The van der Waals surface area contributed by atoms with E-state index in [1.165, 1.54) is 18.6 Å². The van der Waals surface area contributed by atoms with Crippen molar-refractivity contribution in [2.75, 3.05) is 18.0 Å². The summed E-state index contributed by atoms with van der Waals surface area (Å²) in [5.74, 6) is -2.62. The number of nitrogens with zero attached hydrogens (tertiary/aromatic N) is 4. The van der Waals surface area contributed by atoms with E-state index in [2.05, 4.69) is 20.3 Å². The van der Waals surface area contributed by atoms with Gasteiger partial charge in [0.1, 0.15) is 11.6 Å². The van der Waals surface area contributed by atoms with Gasteiger partial charge in [-0.3, -0.25) is 4.79 Å². The first-order valence-electron chi connectivity index (χ1n) is 9.02. The highest BCUT2D eigenvalue weighted by Gasteiger charge is 2.45. The van der Waals surface area contributed by atoms with E-state index >= 15 is 0 Å². The van der Waals surface area contributed by atoms with Crippen molar-refractivity contribution in [3.8, 4) is 0 Å². The number of aromatic nitrogens is 3. The number of halogens is 3. The van der Waals surface area contributed by atoms with Crippen LogP contribution in [0.2, 0.25) is 0 Å². The molecule has 1 fully saturated rings. The summed E-state index contributed by atoms with van der Waals surface area (Å²) in [5, 5.41) is 12.5. The zero-order valence-corrected chi connectivity index (χ0v) is 15.5. The molecule has 0 spiro atoms. The largest absolute Gasteiger partial charge is 0.393 e. The lowest BCUT2D eigenvalue weighted by molar-refractivity contribution is -0.178. The van der Waals surface area contributed by atoms with Gasteiger partial charge in [0.2, 0.25) is 5.91 Å². The average Bonchev–Trinajstić information content (AvgIpc) is 2.65. The molecule has 1 aliphatic rings. The molecule has 1 aliphatic heterocycles. The second kappa shape index (κ2) is 7.86. The van der Waals surface area contributed by atoms with Gasteiger partial charge in [0.15, 0.2) is 5.65 Å². The van der Waals surface area contributed by atoms with Crippen LogP contribution in [0.15, 0.2) is 24.7 Å². The number of piperidine rings is 1. The summed E-state index contributed by atoms with van der Waals surface area (Å²) >= 11 is 0. The van der Waals surface area contributed by atoms with E-state index in [0.717, 1.165) is 0 Å². The van der Waals surface area contributed by atoms with Gasteiger partial charge in [0, 0.05) is 37.7 Å². The van der Waals surface area contributed by atoms with E-state index < -0.39 is 30.1 Å². The molecule has 7 nitrogen and oxygen atoms in total. The summed E-state index contributed by atoms with van der Waals surface area (Å²) in [6.45, 7) is 3.24. The standard InChI is InChI=1S/C18H22F3N5O2/c1-10(2)15(27)17(28)25-12-7-11(18(19,20)21)8-26(9-12)13-3-4-23-16-14(13)22-5-6-24-16/h3-6,10-12,15,27H,7-9H2,1-2H3,(H,25,28)/t11-,12+,15?/m1/s1. The van der Waals surface area contributed by atoms with Crippen LogP contribution in [0.4, 0.5) is 18.9 Å². The molecule has 0 bridgehead atoms. The van der Waals surface area contributed by atoms with Gasteiger partial charge in [0.25, 0.3) is 0 Å². The highest BCUT2D eigenvalue weighted by atomic mass is 19.4. The Morgan fingerprint density at radius 2 is 1.89 bits per heavy atom. The molecule has 1 amide bonds. The van der Waals surface area contributed by atoms with Crippen molar-refractivity contribution in [2.45, 2.75) is 38.6 Å². The lowest BCUT2D eigenvalue weighted by Gasteiger charge is -2.40. The van der Waals surface area contributed by atoms with Crippen molar-refractivity contribution in [2.24, 2.45) is 11.8 Å². The molecule has 3 heterocycles. The van der Waals surface area contributed by atoms with Crippen LogP contribution in [-0.2, 0) is 4.79 Å². The number of anilines is 1. The summed E-state index contributed by atoms with van der Waals surface area (Å²) < 4.78 is 40.5. The highest BCUT2D eigenvalue weighted by molar-refractivity contribution is 5.85. The first-order chi connectivity index (χ1) is 13.2. The SMILES string of the molecule is CC(C)C(O)C(=O)N[C@H]1C[C@@H](C(F)(F)F)CN(c2ccnc3nccnc23)C1. The zero-order chi connectivity index (χ0) is 20.5. The molecule has 0 aliphatic carbocycles. The third-order valence-corrected chi connectivity index (χ3v) is 4.85. The van der Waals surface area contributed by atoms with E-state index in [4.69, 9.17) is 0 Å². The molecular formula is C18H22F3N5O2. The van der Waals surface area contributed by atoms with Crippen LogP contribution < -0.4 is 10.2 Å². The van der Waals surface area contributed by atoms with Crippen LogP contribution in [0.5, 0.6) is 0 Å². The molecule has 0 radical (unpaired) electrons. The Labute approximate surface area is 160 Å². The maximum absolute atomic E-state index is 13.5. The van der Waals surface area contributed by atoms with Crippen LogP contribution in [0.25, 0.3) is 11.2 Å². The van der Waals surface area contributed by atoms with Crippen molar-refractivity contribution < 1.29 is 23.1 Å². The monoisotopic (exact) mass is 397 g/mol. The van der Waals surface area contributed by atoms with E-state index in [0.29, 0.717) is 16.9 Å². The molecule has 3 atom stereocenters. The molecule has 152 valence electrons. The van der Waals surface area contributed by atoms with Crippen LogP contribution >= 0.6 is 0 Å². The van der Waals surface area contributed by atoms with Crippen molar-refractivity contribution in [1.82, 2.24) is 20.3 Å². The minimum atomic E-state index is -4.41. The van der Waals surface area contributed by atoms with Gasteiger partial charge in [-0.25, -0.2) is 15.0 Å². The second-order valence-corrected chi connectivity index (χ2v) is 7.33. The van der Waals surface area contributed by atoms with Gasteiger partial charge in [-0.2, -0.15) is 13.2 Å². The normalized spacial score (nSPS) is 21.8. The van der Waals surface area contributed by atoms with E-state index in [-0.39, 0.29) is 25.4 Å². The number of amides is 1. The fraction of sp³-hybridized carbons (Fsp3) is 0.556. The maximum Gasteiger partial charge on any atom is 0.393 e. The lowest BCUT2D eigenvalue weighted by atomic mass is 9.92. The molecule has 0 aromatic carbocycles. The number of nitrogens with one attached hydrogen (secondary N) is 1. The van der Waals surface area contributed by atoms with Gasteiger partial charge in [-0.15, -0.1) is 0 Å². The number of alkyl halides is 3. The van der Waals surface area contributed by atoms with Crippen LogP contribution in [0.1, 0.15) is 20.3 Å². The van der Waals surface area contributed by atoms with Gasteiger partial charge in [-0.05, 0) is 18.4 Å². The molecule has 2 aromatic heterocycles. The molecule has 1 saturated heterocycles. The van der Waals surface area contributed by atoms with Gasteiger partial charge in [-0.1, -0.05) is 13.8 Å². The van der Waals surface area contributed by atoms with E-state index in [9.17, 15) is 23.1 Å². The quantitative estimate of drug-likeness (QED) is 0.819. The smallest absolute Gasteiger partial charge is 0.383 e. The first-order valence-corrected chi connectivity index (χ1v) is 9.02. The number of aliphatic hydroxyl groups is 1. The number of aliphatic hydroxyl groups excluding tert-OH is 1. The molecular weight excluding hydrogens is 375 g/mol. The number of fused-ring (bicyclic) bond motifs is 1. The average molecular weight is 397 g/mol. The summed E-state index contributed by atoms with van der Waals surface area (Å²) in [5.41, 5.74) is 1.22. The summed E-state index contributed by atoms with van der Waals surface area (Å²) in [7, 11) is 0. The number of pyridine rings is 1. The minimum Gasteiger partial charge on any atom is -0.383 e. The Kier molecular flexibility index (Phi) is 5.69. The Balaban J connectivity index is 1.89. The number of carbonyl (C=O) groups is 1. The number of rotatable bonds is 4. The van der Waals surface area contributed by atoms with Gasteiger partial charge < -0.3 is 15.3 Å².